The molecule has 1 aromatic carbocycles. The first kappa shape index (κ1) is 13.4. The van der Waals surface area contributed by atoms with E-state index in [1.807, 2.05) is 0 Å². The largest absolute Gasteiger partial charge is 0.385 e. The van der Waals surface area contributed by atoms with Crippen LogP contribution in [0.4, 0.5) is 10.1 Å². The molecular weight excluding hydrogens is 249 g/mol. The summed E-state index contributed by atoms with van der Waals surface area (Å²) >= 11 is 5.83. The highest BCUT2D eigenvalue weighted by molar-refractivity contribution is 6.30. The van der Waals surface area contributed by atoms with Gasteiger partial charge in [0.15, 0.2) is 0 Å². The Morgan fingerprint density at radius 2 is 2.17 bits per heavy atom. The lowest BCUT2D eigenvalue weighted by atomic mass is 9.84. The van der Waals surface area contributed by atoms with Crippen LogP contribution in [0.5, 0.6) is 0 Å². The lowest BCUT2D eigenvalue weighted by molar-refractivity contribution is 0.421. The second kappa shape index (κ2) is 5.75. The quantitative estimate of drug-likeness (QED) is 0.770. The minimum Gasteiger partial charge on any atom is -0.385 e. The highest BCUT2D eigenvalue weighted by Gasteiger charge is 2.17. The van der Waals surface area contributed by atoms with Gasteiger partial charge in [0, 0.05) is 17.3 Å². The van der Waals surface area contributed by atoms with E-state index in [4.69, 9.17) is 11.6 Å². The fourth-order valence-electron chi connectivity index (χ4n) is 2.76. The van der Waals surface area contributed by atoms with Crippen molar-refractivity contribution in [2.24, 2.45) is 11.8 Å². The van der Waals surface area contributed by atoms with Crippen LogP contribution >= 0.6 is 11.6 Å². The van der Waals surface area contributed by atoms with E-state index in [0.717, 1.165) is 18.7 Å². The normalized spacial score (nSPS) is 23.7. The highest BCUT2D eigenvalue weighted by Crippen LogP contribution is 2.28. The van der Waals surface area contributed by atoms with Crippen LogP contribution in [-0.2, 0) is 0 Å². The summed E-state index contributed by atoms with van der Waals surface area (Å²) in [4.78, 5) is 0. The summed E-state index contributed by atoms with van der Waals surface area (Å²) in [5.41, 5.74) is 2.22. The Kier molecular flexibility index (Phi) is 4.28. The first-order valence-corrected chi connectivity index (χ1v) is 6.78. The minimum absolute atomic E-state index is 0.293. The van der Waals surface area contributed by atoms with E-state index >= 15 is 0 Å². The first-order chi connectivity index (χ1) is 8.52. The SMILES string of the molecule is CC1=CC(C)CC(CNc2cc(F)cc(Cl)c2)C1. The molecule has 0 radical (unpaired) electrons. The Bertz CT molecular complexity index is 436. The number of anilines is 1. The molecule has 18 heavy (non-hydrogen) atoms. The molecule has 0 heterocycles. The first-order valence-electron chi connectivity index (χ1n) is 6.40. The number of hydrogen-bond acceptors (Lipinski definition) is 1. The van der Waals surface area contributed by atoms with Gasteiger partial charge in [-0.25, -0.2) is 4.39 Å². The molecule has 1 aromatic rings. The Morgan fingerprint density at radius 1 is 1.39 bits per heavy atom. The van der Waals surface area contributed by atoms with Gasteiger partial charge >= 0.3 is 0 Å². The third-order valence-corrected chi connectivity index (χ3v) is 3.56. The second-order valence-electron chi connectivity index (χ2n) is 5.34. The Morgan fingerprint density at radius 3 is 2.83 bits per heavy atom. The Balaban J connectivity index is 1.93. The molecule has 1 aliphatic rings. The molecule has 0 spiro atoms. The molecule has 0 aromatic heterocycles. The maximum absolute atomic E-state index is 13.2. The molecule has 0 saturated carbocycles. The molecule has 2 atom stereocenters. The van der Waals surface area contributed by atoms with Crippen molar-refractivity contribution in [3.05, 3.63) is 40.7 Å². The lowest BCUT2D eigenvalue weighted by Crippen LogP contribution is -2.20. The van der Waals surface area contributed by atoms with Crippen LogP contribution in [0.25, 0.3) is 0 Å². The summed E-state index contributed by atoms with van der Waals surface area (Å²) in [7, 11) is 0. The molecule has 2 rings (SSSR count). The van der Waals surface area contributed by atoms with E-state index in [9.17, 15) is 4.39 Å². The van der Waals surface area contributed by atoms with Crippen molar-refractivity contribution < 1.29 is 4.39 Å². The molecule has 1 nitrogen and oxygen atoms in total. The van der Waals surface area contributed by atoms with Crippen molar-refractivity contribution in [3.8, 4) is 0 Å². The summed E-state index contributed by atoms with van der Waals surface area (Å²) in [6.07, 6.45) is 4.66. The van der Waals surface area contributed by atoms with Crippen LogP contribution in [-0.4, -0.2) is 6.54 Å². The Hall–Kier alpha value is -1.02. The van der Waals surface area contributed by atoms with Gasteiger partial charge in [0.25, 0.3) is 0 Å². The molecule has 0 saturated heterocycles. The van der Waals surface area contributed by atoms with Crippen molar-refractivity contribution in [1.29, 1.82) is 0 Å². The van der Waals surface area contributed by atoms with Crippen LogP contribution in [0.15, 0.2) is 29.8 Å². The fraction of sp³-hybridized carbons (Fsp3) is 0.467. The Labute approximate surface area is 113 Å². The summed E-state index contributed by atoms with van der Waals surface area (Å²) in [5.74, 6) is 0.965. The van der Waals surface area contributed by atoms with Crippen LogP contribution in [0.1, 0.15) is 26.7 Å². The maximum Gasteiger partial charge on any atom is 0.126 e. The number of rotatable bonds is 3. The van der Waals surface area contributed by atoms with Gasteiger partial charge in [-0.3, -0.25) is 0 Å². The third kappa shape index (κ3) is 3.74. The monoisotopic (exact) mass is 267 g/mol. The van der Waals surface area contributed by atoms with Crippen molar-refractivity contribution in [2.75, 3.05) is 11.9 Å². The van der Waals surface area contributed by atoms with Crippen LogP contribution in [0.2, 0.25) is 5.02 Å². The third-order valence-electron chi connectivity index (χ3n) is 3.34. The minimum atomic E-state index is -0.293. The van der Waals surface area contributed by atoms with E-state index in [-0.39, 0.29) is 5.82 Å². The number of hydrogen-bond donors (Lipinski definition) is 1. The van der Waals surface area contributed by atoms with Gasteiger partial charge in [-0.1, -0.05) is 30.2 Å². The molecule has 0 amide bonds. The topological polar surface area (TPSA) is 12.0 Å². The van der Waals surface area contributed by atoms with Gasteiger partial charge < -0.3 is 5.32 Å². The van der Waals surface area contributed by atoms with E-state index in [1.165, 1.54) is 24.1 Å². The molecule has 1 N–H and O–H groups in total. The van der Waals surface area contributed by atoms with Crippen LogP contribution in [0.3, 0.4) is 0 Å². The summed E-state index contributed by atoms with van der Waals surface area (Å²) in [6.45, 7) is 5.30. The summed E-state index contributed by atoms with van der Waals surface area (Å²) < 4.78 is 13.2. The summed E-state index contributed by atoms with van der Waals surface area (Å²) in [6, 6.07) is 4.57. The maximum atomic E-state index is 13.2. The molecule has 0 aliphatic heterocycles. The van der Waals surface area contributed by atoms with Crippen molar-refractivity contribution in [2.45, 2.75) is 26.7 Å². The van der Waals surface area contributed by atoms with Crippen LogP contribution in [0, 0.1) is 17.7 Å². The fourth-order valence-corrected chi connectivity index (χ4v) is 2.98. The van der Waals surface area contributed by atoms with Crippen molar-refractivity contribution in [1.82, 2.24) is 0 Å². The van der Waals surface area contributed by atoms with Gasteiger partial charge in [-0.05, 0) is 49.8 Å². The molecule has 2 unspecified atom stereocenters. The van der Waals surface area contributed by atoms with Crippen molar-refractivity contribution in [3.63, 3.8) is 0 Å². The summed E-state index contributed by atoms with van der Waals surface area (Å²) in [5, 5.41) is 3.72. The standard InChI is InChI=1S/C15H19ClFN/c1-10-3-11(2)5-12(4-10)9-18-15-7-13(16)6-14(17)8-15/h3,6-8,10,12,18H,4-5,9H2,1-2H3. The van der Waals surface area contributed by atoms with Gasteiger partial charge in [0.05, 0.1) is 0 Å². The van der Waals surface area contributed by atoms with Gasteiger partial charge in [-0.15, -0.1) is 0 Å². The number of benzene rings is 1. The van der Waals surface area contributed by atoms with E-state index < -0.39 is 0 Å². The second-order valence-corrected chi connectivity index (χ2v) is 5.77. The van der Waals surface area contributed by atoms with Gasteiger partial charge in [0.1, 0.15) is 5.82 Å². The van der Waals surface area contributed by atoms with Crippen molar-refractivity contribution >= 4 is 17.3 Å². The molecule has 0 fully saturated rings. The van der Waals surface area contributed by atoms with E-state index in [1.54, 1.807) is 6.07 Å². The highest BCUT2D eigenvalue weighted by atomic mass is 35.5. The predicted octanol–water partition coefficient (Wildman–Crippen LogP) is 4.88. The molecule has 98 valence electrons. The number of nitrogens with one attached hydrogen (secondary N) is 1. The lowest BCUT2D eigenvalue weighted by Gasteiger charge is -2.26. The smallest absolute Gasteiger partial charge is 0.126 e. The molecule has 0 bridgehead atoms. The average Bonchev–Trinajstić information content (AvgIpc) is 2.23. The van der Waals surface area contributed by atoms with Gasteiger partial charge in [0.2, 0.25) is 0 Å². The van der Waals surface area contributed by atoms with E-state index in [0.29, 0.717) is 16.9 Å². The number of allylic oxidation sites excluding steroid dienone is 2. The molecular formula is C15H19ClFN. The molecule has 1 aliphatic carbocycles. The number of halogens is 2. The van der Waals surface area contributed by atoms with Crippen LogP contribution < -0.4 is 5.32 Å². The predicted molar refractivity (Wildman–Crippen MR) is 75.5 cm³/mol. The molecule has 3 heteroatoms. The zero-order valence-corrected chi connectivity index (χ0v) is 11.6. The zero-order valence-electron chi connectivity index (χ0n) is 10.8. The average molecular weight is 268 g/mol. The zero-order chi connectivity index (χ0) is 13.1. The van der Waals surface area contributed by atoms with Gasteiger partial charge in [-0.2, -0.15) is 0 Å². The van der Waals surface area contributed by atoms with E-state index in [2.05, 4.69) is 25.2 Å².